The zero-order chi connectivity index (χ0) is 20.6. The van der Waals surface area contributed by atoms with E-state index in [0.717, 1.165) is 5.56 Å². The molecule has 0 amide bonds. The average molecular weight is 467 g/mol. The van der Waals surface area contributed by atoms with Crippen LogP contribution in [0.25, 0.3) is 9.78 Å². The maximum absolute atomic E-state index is 10.4. The Morgan fingerprint density at radius 1 is 0.929 bits per heavy atom. The van der Waals surface area contributed by atoms with E-state index in [1.54, 1.807) is 21.0 Å². The van der Waals surface area contributed by atoms with Gasteiger partial charge in [0.15, 0.2) is 0 Å². The van der Waals surface area contributed by atoms with E-state index < -0.39 is 10.1 Å². The van der Waals surface area contributed by atoms with Gasteiger partial charge in [-0.2, -0.15) is 0 Å². The molecule has 3 rings (SSSR count). The van der Waals surface area contributed by atoms with Crippen molar-refractivity contribution in [3.8, 4) is 0 Å². The number of aryl methyl sites for hydroxylation is 3. The van der Waals surface area contributed by atoms with Crippen molar-refractivity contribution in [2.45, 2.75) is 64.3 Å². The summed E-state index contributed by atoms with van der Waals surface area (Å²) in [5.74, 6) is 0. The van der Waals surface area contributed by atoms with Crippen LogP contribution in [0.5, 0.6) is 0 Å². The standard InChI is InChI=1S/C15H22NSe.C7H8O3S/c1-3-4-5-6-9-12-16-13(2)17-15-11-8-7-10-14(15)16;1-6-2-4-7(5-3-6)11(8,9)10/h7-8,10-11H,3-6,9,12H2,1-2H3;2-5H,1H3,(H,8,9,10)/q+1;/p-1. The fourth-order valence-electron chi connectivity index (χ4n) is 3.01. The molecule has 0 saturated heterocycles. The van der Waals surface area contributed by atoms with Crippen molar-refractivity contribution in [1.82, 2.24) is 0 Å². The van der Waals surface area contributed by atoms with Crippen molar-refractivity contribution in [2.24, 2.45) is 0 Å². The molecule has 2 aromatic carbocycles. The van der Waals surface area contributed by atoms with Gasteiger partial charge in [-0.15, -0.1) is 0 Å². The minimum absolute atomic E-state index is 0.178. The summed E-state index contributed by atoms with van der Waals surface area (Å²) < 4.78 is 36.8. The van der Waals surface area contributed by atoms with Gasteiger partial charge in [0.1, 0.15) is 10.1 Å². The minimum atomic E-state index is -4.27. The van der Waals surface area contributed by atoms with Gasteiger partial charge in [0, 0.05) is 0 Å². The van der Waals surface area contributed by atoms with Crippen molar-refractivity contribution >= 4 is 34.4 Å². The molecule has 152 valence electrons. The van der Waals surface area contributed by atoms with Crippen LogP contribution in [0.2, 0.25) is 0 Å². The fraction of sp³-hybridized carbons (Fsp3) is 0.409. The molecule has 0 atom stereocenters. The van der Waals surface area contributed by atoms with Crippen LogP contribution in [0.1, 0.15) is 49.2 Å². The van der Waals surface area contributed by atoms with E-state index in [-0.39, 0.29) is 4.90 Å². The summed E-state index contributed by atoms with van der Waals surface area (Å²) in [6.45, 7) is 7.61. The molecular formula is C22H29NO3SSe. The molecule has 4 nitrogen and oxygen atoms in total. The van der Waals surface area contributed by atoms with Crippen LogP contribution in [0.4, 0.5) is 0 Å². The topological polar surface area (TPSA) is 61.1 Å². The summed E-state index contributed by atoms with van der Waals surface area (Å²) in [6, 6.07) is 14.7. The number of aromatic nitrogens is 1. The molecule has 1 heterocycles. The Morgan fingerprint density at radius 3 is 2.21 bits per heavy atom. The number of unbranched alkanes of at least 4 members (excludes halogenated alkanes) is 4. The second-order valence-electron chi connectivity index (χ2n) is 6.92. The fourth-order valence-corrected chi connectivity index (χ4v) is 5.67. The maximum atomic E-state index is 10.4. The zero-order valence-corrected chi connectivity index (χ0v) is 19.4. The molecule has 28 heavy (non-hydrogen) atoms. The van der Waals surface area contributed by atoms with E-state index in [9.17, 15) is 13.0 Å². The Hall–Kier alpha value is -1.46. The van der Waals surface area contributed by atoms with Crippen LogP contribution in [0.15, 0.2) is 53.4 Å². The van der Waals surface area contributed by atoms with Gasteiger partial charge in [-0.1, -0.05) is 17.7 Å². The zero-order valence-electron chi connectivity index (χ0n) is 16.8. The SMILES string of the molecule is CCCCCCC[n+]1c(C)[se]c2ccccc21.Cc1ccc(S(=O)(=O)[O-])cc1. The predicted molar refractivity (Wildman–Crippen MR) is 114 cm³/mol. The molecule has 6 heteroatoms. The molecule has 0 aliphatic heterocycles. The molecule has 0 radical (unpaired) electrons. The van der Waals surface area contributed by atoms with Gasteiger partial charge in [-0.05, 0) is 19.1 Å². The Bertz CT molecular complexity index is 979. The first-order valence-electron chi connectivity index (χ1n) is 9.73. The quantitative estimate of drug-likeness (QED) is 0.225. The third-order valence-electron chi connectivity index (χ3n) is 4.59. The van der Waals surface area contributed by atoms with E-state index in [1.807, 2.05) is 6.92 Å². The number of nitrogens with zero attached hydrogens (tertiary/aromatic N) is 1. The summed E-state index contributed by atoms with van der Waals surface area (Å²) in [7, 11) is -4.27. The van der Waals surface area contributed by atoms with Crippen LogP contribution in [-0.4, -0.2) is 27.5 Å². The van der Waals surface area contributed by atoms with Gasteiger partial charge in [0.25, 0.3) is 0 Å². The van der Waals surface area contributed by atoms with Crippen LogP contribution >= 0.6 is 0 Å². The van der Waals surface area contributed by atoms with Crippen molar-refractivity contribution < 1.29 is 17.5 Å². The van der Waals surface area contributed by atoms with E-state index in [4.69, 9.17) is 0 Å². The first kappa shape index (κ1) is 22.8. The molecule has 1 aromatic heterocycles. The largest absolute Gasteiger partial charge is 0.744 e. The monoisotopic (exact) mass is 467 g/mol. The summed E-state index contributed by atoms with van der Waals surface area (Å²) in [5.41, 5.74) is 2.40. The molecular weight excluding hydrogens is 437 g/mol. The smallest absolute Gasteiger partial charge is 0.124 e. The van der Waals surface area contributed by atoms with Crippen LogP contribution in [0.3, 0.4) is 0 Å². The maximum Gasteiger partial charge on any atom is 0.124 e. The average Bonchev–Trinajstić information content (AvgIpc) is 2.97. The first-order valence-corrected chi connectivity index (χ1v) is 12.9. The third-order valence-corrected chi connectivity index (χ3v) is 7.71. The first-order chi connectivity index (χ1) is 13.3. The third kappa shape index (κ3) is 6.85. The van der Waals surface area contributed by atoms with Crippen LogP contribution in [-0.2, 0) is 16.7 Å². The molecule has 3 aromatic rings. The Labute approximate surface area is 174 Å². The number of benzene rings is 2. The Balaban J connectivity index is 0.000000221. The van der Waals surface area contributed by atoms with Crippen LogP contribution < -0.4 is 4.57 Å². The van der Waals surface area contributed by atoms with Gasteiger partial charge in [0.05, 0.1) is 4.90 Å². The predicted octanol–water partition coefficient (Wildman–Crippen LogP) is 4.36. The van der Waals surface area contributed by atoms with Crippen molar-refractivity contribution in [3.63, 3.8) is 0 Å². The molecule has 0 N–H and O–H groups in total. The number of rotatable bonds is 7. The molecule has 0 saturated carbocycles. The van der Waals surface area contributed by atoms with E-state index in [1.165, 1.54) is 56.3 Å². The molecule has 0 spiro atoms. The second kappa shape index (κ2) is 10.9. The molecule has 0 unspecified atom stereocenters. The minimum Gasteiger partial charge on any atom is -0.744 e. The van der Waals surface area contributed by atoms with Crippen LogP contribution in [0, 0.1) is 13.8 Å². The molecule has 0 bridgehead atoms. The summed E-state index contributed by atoms with van der Waals surface area (Å²) in [5, 5.41) is 0. The van der Waals surface area contributed by atoms with E-state index >= 15 is 0 Å². The van der Waals surface area contributed by atoms with Gasteiger partial charge in [0.2, 0.25) is 0 Å². The normalized spacial score (nSPS) is 11.3. The summed E-state index contributed by atoms with van der Waals surface area (Å²) in [4.78, 5) is -0.178. The van der Waals surface area contributed by atoms with Gasteiger partial charge in [-0.25, -0.2) is 8.42 Å². The Morgan fingerprint density at radius 2 is 1.57 bits per heavy atom. The summed E-state index contributed by atoms with van der Waals surface area (Å²) >= 11 is 0.569. The molecule has 0 aliphatic carbocycles. The van der Waals surface area contributed by atoms with Gasteiger partial charge >= 0.3 is 110 Å². The van der Waals surface area contributed by atoms with Crippen molar-refractivity contribution in [2.75, 3.05) is 0 Å². The van der Waals surface area contributed by atoms with E-state index in [2.05, 4.69) is 42.7 Å². The number of fused-ring (bicyclic) bond motifs is 1. The Kier molecular flexibility index (Phi) is 8.90. The summed E-state index contributed by atoms with van der Waals surface area (Å²) in [6.07, 6.45) is 6.84. The molecule has 0 aliphatic rings. The van der Waals surface area contributed by atoms with Crippen molar-refractivity contribution in [1.29, 1.82) is 0 Å². The second-order valence-corrected chi connectivity index (χ2v) is 10.9. The van der Waals surface area contributed by atoms with E-state index in [0.29, 0.717) is 14.5 Å². The number of hydrogen-bond acceptors (Lipinski definition) is 3. The number of hydrogen-bond donors (Lipinski definition) is 0. The molecule has 0 fully saturated rings. The van der Waals surface area contributed by atoms with Gasteiger partial charge < -0.3 is 4.55 Å². The van der Waals surface area contributed by atoms with Gasteiger partial charge in [-0.3, -0.25) is 0 Å². The number of para-hydroxylation sites is 1. The van der Waals surface area contributed by atoms with Crippen molar-refractivity contribution in [3.05, 3.63) is 58.7 Å².